The largest absolute Gasteiger partial charge is 0.483 e. The van der Waals surface area contributed by atoms with Crippen LogP contribution >= 0.6 is 0 Å². The zero-order chi connectivity index (χ0) is 36.3. The van der Waals surface area contributed by atoms with Crippen molar-refractivity contribution in [1.29, 1.82) is 0 Å². The van der Waals surface area contributed by atoms with Crippen LogP contribution in [-0.4, -0.2) is 79.6 Å². The van der Waals surface area contributed by atoms with Gasteiger partial charge >= 0.3 is 16.4 Å². The van der Waals surface area contributed by atoms with E-state index in [1.54, 1.807) is 0 Å². The van der Waals surface area contributed by atoms with Gasteiger partial charge in [0.1, 0.15) is 17.9 Å². The molecule has 0 aromatic heterocycles. The van der Waals surface area contributed by atoms with Gasteiger partial charge in [-0.15, -0.1) is 0 Å². The molecule has 1 fully saturated rings. The Hall–Kier alpha value is -4.46. The molecule has 0 aliphatic carbocycles. The summed E-state index contributed by atoms with van der Waals surface area (Å²) in [6.07, 6.45) is -0.332. The van der Waals surface area contributed by atoms with Gasteiger partial charge in [0.25, 0.3) is 5.91 Å². The van der Waals surface area contributed by atoms with Crippen LogP contribution in [0.5, 0.6) is 5.75 Å². The highest BCUT2D eigenvalue weighted by Crippen LogP contribution is 2.23. The summed E-state index contributed by atoms with van der Waals surface area (Å²) in [6, 6.07) is 21.3. The van der Waals surface area contributed by atoms with Crippen molar-refractivity contribution >= 4 is 28.2 Å². The van der Waals surface area contributed by atoms with Gasteiger partial charge in [-0.2, -0.15) is 8.42 Å². The topological polar surface area (TPSA) is 163 Å². The second-order valence-corrected chi connectivity index (χ2v) is 14.1. The van der Waals surface area contributed by atoms with Gasteiger partial charge in [-0.3, -0.25) is 14.1 Å². The van der Waals surface area contributed by atoms with Crippen LogP contribution in [0.3, 0.4) is 0 Å². The molecular weight excluding hydrogens is 660 g/mol. The third-order valence-corrected chi connectivity index (χ3v) is 9.12. The maximum absolute atomic E-state index is 14.0. The summed E-state index contributed by atoms with van der Waals surface area (Å²) >= 11 is 0. The average molecular weight is 709 g/mol. The molecule has 50 heavy (non-hydrogen) atoms. The summed E-state index contributed by atoms with van der Waals surface area (Å²) in [5.74, 6) is -0.602. The molecule has 4 atom stereocenters. The molecule has 3 aromatic carbocycles. The Bertz CT molecular complexity index is 1670. The van der Waals surface area contributed by atoms with Crippen LogP contribution in [0.25, 0.3) is 0 Å². The molecule has 4 rings (SSSR count). The minimum absolute atomic E-state index is 0.118. The van der Waals surface area contributed by atoms with Crippen LogP contribution in [0.4, 0.5) is 4.79 Å². The molecule has 1 aliphatic heterocycles. The maximum atomic E-state index is 14.0. The van der Waals surface area contributed by atoms with Crippen LogP contribution < -0.4 is 20.7 Å². The first-order valence-electron chi connectivity index (χ1n) is 16.9. The summed E-state index contributed by atoms with van der Waals surface area (Å²) in [4.78, 5) is 41.7. The Morgan fingerprint density at radius 2 is 1.50 bits per heavy atom. The van der Waals surface area contributed by atoms with Gasteiger partial charge in [0.05, 0.1) is 6.04 Å². The molecule has 1 aliphatic rings. The number of ether oxygens (including phenoxy) is 1. The van der Waals surface area contributed by atoms with Gasteiger partial charge < -0.3 is 25.6 Å². The first-order valence-corrected chi connectivity index (χ1v) is 18.2. The third-order valence-electron chi connectivity index (χ3n) is 8.63. The van der Waals surface area contributed by atoms with E-state index in [2.05, 4.69) is 16.0 Å². The van der Waals surface area contributed by atoms with Crippen molar-refractivity contribution in [2.75, 3.05) is 19.7 Å². The van der Waals surface area contributed by atoms with Gasteiger partial charge in [0, 0.05) is 19.1 Å². The molecule has 1 heterocycles. The first-order chi connectivity index (χ1) is 23.8. The fraction of sp³-hybridized carbons (Fsp3) is 0.432. The van der Waals surface area contributed by atoms with E-state index in [0.717, 1.165) is 22.3 Å². The second kappa shape index (κ2) is 18.0. The van der Waals surface area contributed by atoms with Crippen LogP contribution in [0.15, 0.2) is 78.9 Å². The average Bonchev–Trinajstić information content (AvgIpc) is 3.05. The molecule has 0 spiro atoms. The molecule has 0 saturated carbocycles. The van der Waals surface area contributed by atoms with E-state index >= 15 is 0 Å². The summed E-state index contributed by atoms with van der Waals surface area (Å²) in [7, 11) is -5.02. The summed E-state index contributed by atoms with van der Waals surface area (Å²) in [5, 5.41) is 8.74. The van der Waals surface area contributed by atoms with Gasteiger partial charge in [-0.1, -0.05) is 92.7 Å². The quantitative estimate of drug-likeness (QED) is 0.152. The molecule has 4 amide bonds. The molecule has 13 heteroatoms. The standard InChI is InChI=1S/C37H48N4O8S/c1-25(2)34(41-20-12-19-38-37(41)44)36(43)39-30(21-28-15-7-5-8-16-28)23-32(49-50(45,46)47)31(22-29-17-9-6-10-18-29)40-33(42)24-48-35-26(3)13-11-14-27(35)4/h5-11,13-18,25,30-32,34H,12,19-24H2,1-4H3,(H,38,44)(H,39,43)(H,40,42)(H,45,46,47)/t30-,31-,32-,34-/m0/s1. The molecule has 0 unspecified atom stereocenters. The normalized spacial score (nSPS) is 15.8. The number of carbonyl (C=O) groups excluding carboxylic acids is 3. The highest BCUT2D eigenvalue weighted by molar-refractivity contribution is 7.80. The SMILES string of the molecule is Cc1cccc(C)c1OCC(=O)N[C@@H](Cc1ccccc1)[C@H](C[C@H](Cc1ccccc1)NC(=O)[C@H](C(C)C)N1CCCNC1=O)OS(=O)(=O)O. The van der Waals surface area contributed by atoms with Crippen molar-refractivity contribution in [1.82, 2.24) is 20.9 Å². The number of rotatable bonds is 17. The molecule has 4 N–H and O–H groups in total. The fourth-order valence-electron chi connectivity index (χ4n) is 6.36. The number of hydrogen-bond donors (Lipinski definition) is 4. The lowest BCUT2D eigenvalue weighted by Crippen LogP contribution is -2.59. The van der Waals surface area contributed by atoms with Crippen molar-refractivity contribution < 1.29 is 36.3 Å². The molecule has 1 saturated heterocycles. The molecule has 12 nitrogen and oxygen atoms in total. The first kappa shape index (κ1) is 38.3. The van der Waals surface area contributed by atoms with Crippen molar-refractivity contribution in [2.45, 2.75) is 77.6 Å². The molecule has 3 aromatic rings. The van der Waals surface area contributed by atoms with Crippen LogP contribution in [0.1, 0.15) is 48.9 Å². The van der Waals surface area contributed by atoms with Crippen molar-refractivity contribution in [3.63, 3.8) is 0 Å². The van der Waals surface area contributed by atoms with E-state index in [1.807, 2.05) is 107 Å². The van der Waals surface area contributed by atoms with Crippen LogP contribution in [0, 0.1) is 19.8 Å². The summed E-state index contributed by atoms with van der Waals surface area (Å²) in [6.45, 7) is 8.04. The number of carbonyl (C=O) groups is 3. The number of urea groups is 1. The molecule has 0 radical (unpaired) electrons. The zero-order valence-electron chi connectivity index (χ0n) is 29.0. The highest BCUT2D eigenvalue weighted by Gasteiger charge is 2.37. The number of para-hydroxylation sites is 1. The summed E-state index contributed by atoms with van der Waals surface area (Å²) < 4.78 is 45.8. The Balaban J connectivity index is 1.65. The number of nitrogens with zero attached hydrogens (tertiary/aromatic N) is 1. The lowest BCUT2D eigenvalue weighted by Gasteiger charge is -2.37. The molecule has 270 valence electrons. The molecule has 0 bridgehead atoms. The van der Waals surface area contributed by atoms with Gasteiger partial charge in [-0.05, 0) is 67.7 Å². The predicted molar refractivity (Wildman–Crippen MR) is 190 cm³/mol. The monoisotopic (exact) mass is 708 g/mol. The Labute approximate surface area is 294 Å². The van der Waals surface area contributed by atoms with Crippen LogP contribution in [0.2, 0.25) is 0 Å². The van der Waals surface area contributed by atoms with Gasteiger partial charge in [0.2, 0.25) is 5.91 Å². The maximum Gasteiger partial charge on any atom is 0.397 e. The number of amides is 4. The minimum Gasteiger partial charge on any atom is -0.483 e. The Kier molecular flexibility index (Phi) is 13.8. The highest BCUT2D eigenvalue weighted by atomic mass is 32.3. The van der Waals surface area contributed by atoms with Gasteiger partial charge in [-0.25, -0.2) is 8.98 Å². The van der Waals surface area contributed by atoms with E-state index in [-0.39, 0.29) is 37.8 Å². The lowest BCUT2D eigenvalue weighted by molar-refractivity contribution is -0.128. The van der Waals surface area contributed by atoms with E-state index < -0.39 is 46.4 Å². The molecular formula is C37H48N4O8S. The third kappa shape index (κ3) is 11.6. The Morgan fingerprint density at radius 3 is 2.06 bits per heavy atom. The van der Waals surface area contributed by atoms with Crippen molar-refractivity contribution in [2.24, 2.45) is 5.92 Å². The lowest BCUT2D eigenvalue weighted by atomic mass is 9.92. The van der Waals surface area contributed by atoms with E-state index in [9.17, 15) is 27.4 Å². The van der Waals surface area contributed by atoms with E-state index in [0.29, 0.717) is 25.3 Å². The Morgan fingerprint density at radius 1 is 0.900 bits per heavy atom. The number of aryl methyl sites for hydroxylation is 2. The smallest absolute Gasteiger partial charge is 0.397 e. The van der Waals surface area contributed by atoms with Gasteiger partial charge in [0.15, 0.2) is 6.61 Å². The predicted octanol–water partition coefficient (Wildman–Crippen LogP) is 4.16. The number of benzene rings is 3. The minimum atomic E-state index is -5.02. The fourth-order valence-corrected chi connectivity index (χ4v) is 6.88. The second-order valence-electron chi connectivity index (χ2n) is 13.0. The number of hydrogen-bond acceptors (Lipinski definition) is 7. The van der Waals surface area contributed by atoms with E-state index in [1.165, 1.54) is 4.90 Å². The van der Waals surface area contributed by atoms with Crippen molar-refractivity contribution in [3.8, 4) is 5.75 Å². The number of nitrogens with one attached hydrogen (secondary N) is 3. The summed E-state index contributed by atoms with van der Waals surface area (Å²) in [5.41, 5.74) is 3.34. The van der Waals surface area contributed by atoms with E-state index in [4.69, 9.17) is 8.92 Å². The van der Waals surface area contributed by atoms with Crippen molar-refractivity contribution in [3.05, 3.63) is 101 Å². The van der Waals surface area contributed by atoms with Crippen LogP contribution in [-0.2, 0) is 37.0 Å². The zero-order valence-corrected chi connectivity index (χ0v) is 29.8.